The van der Waals surface area contributed by atoms with Gasteiger partial charge in [0.1, 0.15) is 5.52 Å². The number of anilines is 2. The molecule has 2 aromatic heterocycles. The first kappa shape index (κ1) is 15.5. The Labute approximate surface area is 125 Å². The second-order valence-corrected chi connectivity index (χ2v) is 5.33. The second kappa shape index (κ2) is 7.21. The Balaban J connectivity index is 2.40. The number of nitrogens with one attached hydrogen (secondary N) is 2. The van der Waals surface area contributed by atoms with Crippen LogP contribution in [0.15, 0.2) is 6.33 Å². The molecule has 0 aliphatic rings. The predicted octanol–water partition coefficient (Wildman–Crippen LogP) is 1.89. The molecule has 0 bridgehead atoms. The molecular weight excluding hydrogens is 268 g/mol. The van der Waals surface area contributed by atoms with E-state index in [1.807, 2.05) is 6.92 Å². The van der Waals surface area contributed by atoms with Crippen LogP contribution in [0.1, 0.15) is 20.8 Å². The standard InChI is InChI=1S/C14H24N6O/c1-5-15-14-18-12-11(16-9-17-12)13(19-14)20(6-7-21-4)8-10(2)3/h9-10H,5-8H2,1-4H3,(H2,15,16,17,18,19). The van der Waals surface area contributed by atoms with Crippen LogP contribution >= 0.6 is 0 Å². The van der Waals surface area contributed by atoms with Crippen LogP contribution in [0.4, 0.5) is 11.8 Å². The van der Waals surface area contributed by atoms with Crippen molar-refractivity contribution in [3.63, 3.8) is 0 Å². The molecule has 0 aliphatic carbocycles. The minimum absolute atomic E-state index is 0.525. The van der Waals surface area contributed by atoms with E-state index >= 15 is 0 Å². The minimum Gasteiger partial charge on any atom is -0.383 e. The number of methoxy groups -OCH3 is 1. The van der Waals surface area contributed by atoms with Gasteiger partial charge in [0.05, 0.1) is 12.9 Å². The van der Waals surface area contributed by atoms with Gasteiger partial charge in [-0.1, -0.05) is 13.8 Å². The third-order valence-corrected chi connectivity index (χ3v) is 3.05. The molecule has 0 atom stereocenters. The smallest absolute Gasteiger partial charge is 0.226 e. The van der Waals surface area contributed by atoms with E-state index in [4.69, 9.17) is 4.74 Å². The first-order valence-corrected chi connectivity index (χ1v) is 7.34. The first-order chi connectivity index (χ1) is 10.2. The summed E-state index contributed by atoms with van der Waals surface area (Å²) < 4.78 is 5.22. The number of hydrogen-bond donors (Lipinski definition) is 2. The van der Waals surface area contributed by atoms with Gasteiger partial charge in [-0.25, -0.2) is 4.98 Å². The van der Waals surface area contributed by atoms with Crippen molar-refractivity contribution in [2.45, 2.75) is 20.8 Å². The summed E-state index contributed by atoms with van der Waals surface area (Å²) in [6.45, 7) is 9.52. The van der Waals surface area contributed by atoms with Gasteiger partial charge in [-0.15, -0.1) is 0 Å². The van der Waals surface area contributed by atoms with Gasteiger partial charge in [0.15, 0.2) is 11.5 Å². The first-order valence-electron chi connectivity index (χ1n) is 7.34. The summed E-state index contributed by atoms with van der Waals surface area (Å²) in [5.41, 5.74) is 1.55. The highest BCUT2D eigenvalue weighted by Crippen LogP contribution is 2.23. The Morgan fingerprint density at radius 2 is 2.19 bits per heavy atom. The monoisotopic (exact) mass is 292 g/mol. The largest absolute Gasteiger partial charge is 0.383 e. The van der Waals surface area contributed by atoms with Gasteiger partial charge in [-0.05, 0) is 12.8 Å². The van der Waals surface area contributed by atoms with E-state index in [1.165, 1.54) is 0 Å². The molecule has 2 aromatic rings. The summed E-state index contributed by atoms with van der Waals surface area (Å²) in [5, 5.41) is 3.16. The van der Waals surface area contributed by atoms with Crippen LogP contribution in [0.2, 0.25) is 0 Å². The lowest BCUT2D eigenvalue weighted by Crippen LogP contribution is -2.32. The number of hydrogen-bond acceptors (Lipinski definition) is 6. The molecule has 0 spiro atoms. The van der Waals surface area contributed by atoms with Crippen molar-refractivity contribution in [2.75, 3.05) is 43.6 Å². The van der Waals surface area contributed by atoms with Gasteiger partial charge >= 0.3 is 0 Å². The highest BCUT2D eigenvalue weighted by Gasteiger charge is 2.17. The van der Waals surface area contributed by atoms with Gasteiger partial charge in [-0.2, -0.15) is 9.97 Å². The fourth-order valence-electron chi connectivity index (χ4n) is 2.21. The normalized spacial score (nSPS) is 11.3. The Bertz CT molecular complexity index is 568. The van der Waals surface area contributed by atoms with Crippen molar-refractivity contribution in [1.82, 2.24) is 19.9 Å². The maximum atomic E-state index is 5.22. The number of fused-ring (bicyclic) bond motifs is 1. The summed E-state index contributed by atoms with van der Waals surface area (Å²) >= 11 is 0. The topological polar surface area (TPSA) is 79.0 Å². The Morgan fingerprint density at radius 1 is 1.38 bits per heavy atom. The minimum atomic E-state index is 0.525. The molecule has 0 aromatic carbocycles. The molecule has 2 rings (SSSR count). The Kier molecular flexibility index (Phi) is 5.32. The lowest BCUT2D eigenvalue weighted by Gasteiger charge is -2.25. The molecule has 0 fully saturated rings. The number of ether oxygens (including phenoxy) is 1. The molecule has 2 heterocycles. The van der Waals surface area contributed by atoms with Crippen molar-refractivity contribution < 1.29 is 4.74 Å². The average Bonchev–Trinajstić information content (AvgIpc) is 2.91. The van der Waals surface area contributed by atoms with E-state index in [-0.39, 0.29) is 0 Å². The fourth-order valence-corrected chi connectivity index (χ4v) is 2.21. The molecule has 7 heteroatoms. The average molecular weight is 292 g/mol. The maximum absolute atomic E-state index is 5.22. The molecule has 0 aliphatic heterocycles. The van der Waals surface area contributed by atoms with E-state index in [2.05, 4.69) is 44.0 Å². The third-order valence-electron chi connectivity index (χ3n) is 3.05. The predicted molar refractivity (Wildman–Crippen MR) is 84.8 cm³/mol. The molecule has 0 amide bonds. The quantitative estimate of drug-likeness (QED) is 0.773. The number of rotatable bonds is 8. The number of aromatic amines is 1. The van der Waals surface area contributed by atoms with Crippen LogP contribution in [0.25, 0.3) is 11.2 Å². The van der Waals surface area contributed by atoms with E-state index in [0.29, 0.717) is 24.1 Å². The zero-order valence-corrected chi connectivity index (χ0v) is 13.2. The van der Waals surface area contributed by atoms with Gasteiger partial charge in [0, 0.05) is 26.7 Å². The van der Waals surface area contributed by atoms with Crippen LogP contribution < -0.4 is 10.2 Å². The molecule has 0 saturated heterocycles. The molecule has 21 heavy (non-hydrogen) atoms. The van der Waals surface area contributed by atoms with Gasteiger partial charge in [0.25, 0.3) is 0 Å². The maximum Gasteiger partial charge on any atom is 0.226 e. The van der Waals surface area contributed by atoms with Gasteiger partial charge in [-0.3, -0.25) is 0 Å². The summed E-state index contributed by atoms with van der Waals surface area (Å²) in [7, 11) is 1.71. The Hall–Kier alpha value is -1.89. The zero-order chi connectivity index (χ0) is 15.2. The highest BCUT2D eigenvalue weighted by atomic mass is 16.5. The van der Waals surface area contributed by atoms with E-state index < -0.39 is 0 Å². The number of aromatic nitrogens is 4. The van der Waals surface area contributed by atoms with Crippen LogP contribution in [-0.2, 0) is 4.74 Å². The van der Waals surface area contributed by atoms with Crippen molar-refractivity contribution >= 4 is 22.9 Å². The van der Waals surface area contributed by atoms with Crippen LogP contribution in [-0.4, -0.2) is 53.3 Å². The third kappa shape index (κ3) is 3.81. The molecule has 116 valence electrons. The lowest BCUT2D eigenvalue weighted by molar-refractivity contribution is 0.204. The van der Waals surface area contributed by atoms with Gasteiger partial charge in [0.2, 0.25) is 5.95 Å². The van der Waals surface area contributed by atoms with E-state index in [0.717, 1.165) is 31.0 Å². The second-order valence-electron chi connectivity index (χ2n) is 5.33. The summed E-state index contributed by atoms with van der Waals surface area (Å²) in [5.74, 6) is 2.01. The van der Waals surface area contributed by atoms with Crippen LogP contribution in [0, 0.1) is 5.92 Å². The summed E-state index contributed by atoms with van der Waals surface area (Å²) in [6.07, 6.45) is 1.66. The summed E-state index contributed by atoms with van der Waals surface area (Å²) in [4.78, 5) is 18.7. The van der Waals surface area contributed by atoms with Crippen LogP contribution in [0.3, 0.4) is 0 Å². The number of imidazole rings is 1. The van der Waals surface area contributed by atoms with E-state index in [1.54, 1.807) is 13.4 Å². The number of nitrogens with zero attached hydrogens (tertiary/aromatic N) is 4. The fraction of sp³-hybridized carbons (Fsp3) is 0.643. The molecule has 0 saturated carbocycles. The van der Waals surface area contributed by atoms with Gasteiger partial charge < -0.3 is 19.9 Å². The molecule has 0 radical (unpaired) electrons. The van der Waals surface area contributed by atoms with Crippen molar-refractivity contribution in [3.8, 4) is 0 Å². The van der Waals surface area contributed by atoms with Crippen LogP contribution in [0.5, 0.6) is 0 Å². The summed E-state index contributed by atoms with van der Waals surface area (Å²) in [6, 6.07) is 0. The number of H-pyrrole nitrogens is 1. The van der Waals surface area contributed by atoms with E-state index in [9.17, 15) is 0 Å². The van der Waals surface area contributed by atoms with Crippen molar-refractivity contribution in [2.24, 2.45) is 5.92 Å². The SMILES string of the molecule is CCNc1nc(N(CCOC)CC(C)C)c2[nH]cnc2n1. The Morgan fingerprint density at radius 3 is 2.86 bits per heavy atom. The zero-order valence-electron chi connectivity index (χ0n) is 13.2. The van der Waals surface area contributed by atoms with Crippen molar-refractivity contribution in [1.29, 1.82) is 0 Å². The molecule has 0 unspecified atom stereocenters. The molecular formula is C14H24N6O. The highest BCUT2D eigenvalue weighted by molar-refractivity contribution is 5.84. The lowest BCUT2D eigenvalue weighted by atomic mass is 10.2. The van der Waals surface area contributed by atoms with Crippen molar-refractivity contribution in [3.05, 3.63) is 6.33 Å². The molecule has 2 N–H and O–H groups in total. The molecule has 7 nitrogen and oxygen atoms in total.